The monoisotopic (exact) mass is 333 g/mol. The van der Waals surface area contributed by atoms with Gasteiger partial charge in [0.1, 0.15) is 17.9 Å². The average Bonchev–Trinajstić information content (AvgIpc) is 2.67. The number of aryl methyl sites for hydroxylation is 1. The smallest absolute Gasteiger partial charge is 0.134 e. The number of nitrogens with one attached hydrogen (secondary N) is 1. The maximum absolute atomic E-state index is 5.42. The molecule has 0 bridgehead atoms. The third-order valence-corrected chi connectivity index (χ3v) is 4.10. The Labute approximate surface area is 148 Å². The molecule has 0 fully saturated rings. The molecule has 2 aromatic carbocycles. The van der Waals surface area contributed by atoms with E-state index in [9.17, 15) is 0 Å². The number of unbranched alkanes of at least 4 members (excludes halogenated alkanes) is 1. The number of ether oxygens (including phenoxy) is 1. The molecule has 0 saturated carbocycles. The fraction of sp³-hybridized carbons (Fsp3) is 0.238. The maximum Gasteiger partial charge on any atom is 0.134 e. The lowest BCUT2D eigenvalue weighted by molar-refractivity contribution is 0.416. The molecule has 128 valence electrons. The number of hydrogen-bond donors (Lipinski definition) is 1. The van der Waals surface area contributed by atoms with Gasteiger partial charge in [-0.15, -0.1) is 0 Å². The summed E-state index contributed by atoms with van der Waals surface area (Å²) in [6.07, 6.45) is 5.13. The zero-order chi connectivity index (χ0) is 17.5. The number of methoxy groups -OCH3 is 1. The summed E-state index contributed by atoms with van der Waals surface area (Å²) in [5.74, 6) is 1.56. The van der Waals surface area contributed by atoms with Gasteiger partial charge in [0.2, 0.25) is 0 Å². The fourth-order valence-electron chi connectivity index (χ4n) is 2.71. The van der Waals surface area contributed by atoms with Crippen molar-refractivity contribution in [2.45, 2.75) is 26.2 Å². The molecule has 4 nitrogen and oxygen atoms in total. The maximum atomic E-state index is 5.42. The summed E-state index contributed by atoms with van der Waals surface area (Å²) in [5, 5.41) is 3.34. The van der Waals surface area contributed by atoms with E-state index in [1.807, 2.05) is 30.3 Å². The summed E-state index contributed by atoms with van der Waals surface area (Å²) >= 11 is 0. The van der Waals surface area contributed by atoms with Gasteiger partial charge in [-0.2, -0.15) is 0 Å². The van der Waals surface area contributed by atoms with Crippen LogP contribution < -0.4 is 10.1 Å². The largest absolute Gasteiger partial charge is 0.496 e. The summed E-state index contributed by atoms with van der Waals surface area (Å²) in [7, 11) is 1.67. The third-order valence-electron chi connectivity index (χ3n) is 4.10. The predicted octanol–water partition coefficient (Wildman–Crippen LogP) is 5.24. The molecular weight excluding hydrogens is 310 g/mol. The minimum absolute atomic E-state index is 0.761. The van der Waals surface area contributed by atoms with E-state index in [-0.39, 0.29) is 0 Å². The molecule has 0 spiro atoms. The van der Waals surface area contributed by atoms with Crippen LogP contribution in [-0.2, 0) is 6.42 Å². The second kappa shape index (κ2) is 8.29. The average molecular weight is 333 g/mol. The predicted molar refractivity (Wildman–Crippen MR) is 102 cm³/mol. The van der Waals surface area contributed by atoms with Crippen LogP contribution in [0.25, 0.3) is 11.3 Å². The van der Waals surface area contributed by atoms with E-state index < -0.39 is 0 Å². The van der Waals surface area contributed by atoms with E-state index in [0.717, 1.165) is 34.9 Å². The van der Waals surface area contributed by atoms with Crippen molar-refractivity contribution in [3.63, 3.8) is 0 Å². The van der Waals surface area contributed by atoms with Crippen molar-refractivity contribution < 1.29 is 4.74 Å². The highest BCUT2D eigenvalue weighted by Gasteiger charge is 2.07. The lowest BCUT2D eigenvalue weighted by atomic mass is 10.1. The van der Waals surface area contributed by atoms with Crippen LogP contribution in [0, 0.1) is 0 Å². The molecule has 3 rings (SSSR count). The SMILES string of the molecule is CCCCc1ccc(Nc2cc(-c3ccccc3OC)ncn2)cc1. The number of nitrogens with zero attached hydrogens (tertiary/aromatic N) is 2. The molecule has 0 unspecified atom stereocenters. The van der Waals surface area contributed by atoms with Crippen molar-refractivity contribution in [1.29, 1.82) is 0 Å². The highest BCUT2D eigenvalue weighted by Crippen LogP contribution is 2.29. The Balaban J connectivity index is 1.78. The topological polar surface area (TPSA) is 47.0 Å². The molecule has 0 aliphatic carbocycles. The molecule has 0 saturated heterocycles. The van der Waals surface area contributed by atoms with Crippen molar-refractivity contribution in [1.82, 2.24) is 9.97 Å². The van der Waals surface area contributed by atoms with Gasteiger partial charge < -0.3 is 10.1 Å². The van der Waals surface area contributed by atoms with Crippen LogP contribution in [0.15, 0.2) is 60.9 Å². The molecule has 1 heterocycles. The van der Waals surface area contributed by atoms with Crippen molar-refractivity contribution in [3.8, 4) is 17.0 Å². The molecule has 0 radical (unpaired) electrons. The summed E-state index contributed by atoms with van der Waals surface area (Å²) < 4.78 is 5.42. The lowest BCUT2D eigenvalue weighted by Gasteiger charge is -2.10. The highest BCUT2D eigenvalue weighted by atomic mass is 16.5. The van der Waals surface area contributed by atoms with E-state index >= 15 is 0 Å². The third kappa shape index (κ3) is 4.35. The van der Waals surface area contributed by atoms with Gasteiger partial charge in [0, 0.05) is 17.3 Å². The Morgan fingerprint density at radius 3 is 2.56 bits per heavy atom. The van der Waals surface area contributed by atoms with Crippen LogP contribution in [0.4, 0.5) is 11.5 Å². The molecule has 0 aliphatic rings. The van der Waals surface area contributed by atoms with E-state index in [2.05, 4.69) is 46.5 Å². The molecule has 25 heavy (non-hydrogen) atoms. The second-order valence-corrected chi connectivity index (χ2v) is 5.91. The minimum atomic E-state index is 0.761. The first-order valence-corrected chi connectivity index (χ1v) is 8.61. The lowest BCUT2D eigenvalue weighted by Crippen LogP contribution is -1.97. The first-order chi connectivity index (χ1) is 12.3. The quantitative estimate of drug-likeness (QED) is 0.642. The van der Waals surface area contributed by atoms with Gasteiger partial charge >= 0.3 is 0 Å². The molecule has 0 aliphatic heterocycles. The molecule has 1 aromatic heterocycles. The van der Waals surface area contributed by atoms with Crippen molar-refractivity contribution >= 4 is 11.5 Å². The molecule has 1 N–H and O–H groups in total. The van der Waals surface area contributed by atoms with Gasteiger partial charge in [0.15, 0.2) is 0 Å². The second-order valence-electron chi connectivity index (χ2n) is 5.91. The molecule has 4 heteroatoms. The zero-order valence-corrected chi connectivity index (χ0v) is 14.7. The van der Waals surface area contributed by atoms with E-state index in [4.69, 9.17) is 4.74 Å². The Morgan fingerprint density at radius 2 is 1.80 bits per heavy atom. The molecule has 0 atom stereocenters. The fourth-order valence-corrected chi connectivity index (χ4v) is 2.71. The number of rotatable bonds is 7. The number of para-hydroxylation sites is 1. The van der Waals surface area contributed by atoms with Crippen LogP contribution in [0.5, 0.6) is 5.75 Å². The zero-order valence-electron chi connectivity index (χ0n) is 14.7. The van der Waals surface area contributed by atoms with Gasteiger partial charge in [0.25, 0.3) is 0 Å². The molecule has 3 aromatic rings. The van der Waals surface area contributed by atoms with Crippen LogP contribution in [0.2, 0.25) is 0 Å². The van der Waals surface area contributed by atoms with Crippen LogP contribution >= 0.6 is 0 Å². The standard InChI is InChI=1S/C21H23N3O/c1-3-4-7-16-10-12-17(13-11-16)24-21-14-19(22-15-23-21)18-8-5-6-9-20(18)25-2/h5-6,8-15H,3-4,7H2,1-2H3,(H,22,23,24). The molecular formula is C21H23N3O. The molecule has 0 amide bonds. The summed E-state index contributed by atoms with van der Waals surface area (Å²) in [5.41, 5.74) is 4.16. The normalized spacial score (nSPS) is 10.5. The number of anilines is 2. The van der Waals surface area contributed by atoms with Gasteiger partial charge in [-0.1, -0.05) is 37.6 Å². The van der Waals surface area contributed by atoms with Crippen LogP contribution in [-0.4, -0.2) is 17.1 Å². The van der Waals surface area contributed by atoms with Crippen LogP contribution in [0.1, 0.15) is 25.3 Å². The Hall–Kier alpha value is -2.88. The number of hydrogen-bond acceptors (Lipinski definition) is 4. The van der Waals surface area contributed by atoms with E-state index in [0.29, 0.717) is 0 Å². The Bertz CT molecular complexity index is 815. The van der Waals surface area contributed by atoms with Crippen molar-refractivity contribution in [2.75, 3.05) is 12.4 Å². The number of benzene rings is 2. The van der Waals surface area contributed by atoms with Crippen LogP contribution in [0.3, 0.4) is 0 Å². The van der Waals surface area contributed by atoms with Crippen molar-refractivity contribution in [3.05, 3.63) is 66.5 Å². The summed E-state index contributed by atoms with van der Waals surface area (Å²) in [6, 6.07) is 18.3. The van der Waals surface area contributed by atoms with Gasteiger partial charge in [-0.05, 0) is 42.7 Å². The first kappa shape index (κ1) is 17.0. The van der Waals surface area contributed by atoms with Gasteiger partial charge in [-0.3, -0.25) is 0 Å². The summed E-state index contributed by atoms with van der Waals surface area (Å²) in [6.45, 7) is 2.21. The van der Waals surface area contributed by atoms with Gasteiger partial charge in [-0.25, -0.2) is 9.97 Å². The van der Waals surface area contributed by atoms with Gasteiger partial charge in [0.05, 0.1) is 12.8 Å². The van der Waals surface area contributed by atoms with E-state index in [1.54, 1.807) is 13.4 Å². The highest BCUT2D eigenvalue weighted by molar-refractivity contribution is 5.70. The van der Waals surface area contributed by atoms with Crippen molar-refractivity contribution in [2.24, 2.45) is 0 Å². The minimum Gasteiger partial charge on any atom is -0.496 e. The Kier molecular flexibility index (Phi) is 5.62. The van der Waals surface area contributed by atoms with E-state index in [1.165, 1.54) is 18.4 Å². The Morgan fingerprint density at radius 1 is 1.00 bits per heavy atom. The summed E-state index contributed by atoms with van der Waals surface area (Å²) in [4.78, 5) is 8.70. The number of aromatic nitrogens is 2. The first-order valence-electron chi connectivity index (χ1n) is 8.61.